The first-order valence-corrected chi connectivity index (χ1v) is 4.64. The maximum Gasteiger partial charge on any atom is 0.389 e. The lowest BCUT2D eigenvalue weighted by atomic mass is 10.2. The van der Waals surface area contributed by atoms with Crippen molar-refractivity contribution >= 4 is 11.9 Å². The van der Waals surface area contributed by atoms with Crippen molar-refractivity contribution in [2.24, 2.45) is 0 Å². The average Bonchev–Trinajstić information content (AvgIpc) is 2.20. The number of carbonyl (C=O) groups is 2. The molecule has 0 aliphatic carbocycles. The zero-order chi connectivity index (χ0) is 12.8. The second-order valence-corrected chi connectivity index (χ2v) is 3.26. The SMILES string of the molecule is COC(=O)CCN(C)C(=O)CCC(F)(F)F. The maximum absolute atomic E-state index is 11.8. The minimum Gasteiger partial charge on any atom is -0.469 e. The summed E-state index contributed by atoms with van der Waals surface area (Å²) in [5.74, 6) is -1.14. The van der Waals surface area contributed by atoms with Gasteiger partial charge in [-0.1, -0.05) is 0 Å². The quantitative estimate of drug-likeness (QED) is 0.682. The van der Waals surface area contributed by atoms with Crippen LogP contribution in [0.5, 0.6) is 0 Å². The van der Waals surface area contributed by atoms with Gasteiger partial charge in [-0.25, -0.2) is 0 Å². The molecule has 0 aliphatic heterocycles. The van der Waals surface area contributed by atoms with Gasteiger partial charge in [0.15, 0.2) is 0 Å². The predicted molar refractivity (Wildman–Crippen MR) is 49.6 cm³/mol. The standard InChI is InChI=1S/C9H14F3NO3/c1-13(6-4-8(15)16-2)7(14)3-5-9(10,11)12/h3-6H2,1-2H3. The molecule has 16 heavy (non-hydrogen) atoms. The molecule has 0 unspecified atom stereocenters. The molecule has 4 nitrogen and oxygen atoms in total. The zero-order valence-corrected chi connectivity index (χ0v) is 9.13. The Morgan fingerprint density at radius 2 is 1.81 bits per heavy atom. The number of alkyl halides is 3. The van der Waals surface area contributed by atoms with Crippen molar-refractivity contribution in [1.82, 2.24) is 4.90 Å². The smallest absolute Gasteiger partial charge is 0.389 e. The van der Waals surface area contributed by atoms with E-state index in [1.54, 1.807) is 0 Å². The average molecular weight is 241 g/mol. The fourth-order valence-electron chi connectivity index (χ4n) is 0.925. The van der Waals surface area contributed by atoms with Crippen molar-refractivity contribution < 1.29 is 27.5 Å². The van der Waals surface area contributed by atoms with Gasteiger partial charge in [-0.3, -0.25) is 9.59 Å². The molecule has 0 N–H and O–H groups in total. The number of halogens is 3. The molecule has 0 saturated heterocycles. The van der Waals surface area contributed by atoms with Crippen molar-refractivity contribution in [3.8, 4) is 0 Å². The van der Waals surface area contributed by atoms with E-state index in [2.05, 4.69) is 4.74 Å². The van der Waals surface area contributed by atoms with E-state index in [4.69, 9.17) is 0 Å². The highest BCUT2D eigenvalue weighted by atomic mass is 19.4. The van der Waals surface area contributed by atoms with Crippen LogP contribution in [0.1, 0.15) is 19.3 Å². The summed E-state index contributed by atoms with van der Waals surface area (Å²) in [5.41, 5.74) is 0. The topological polar surface area (TPSA) is 46.6 Å². The number of hydrogen-bond acceptors (Lipinski definition) is 3. The second-order valence-electron chi connectivity index (χ2n) is 3.26. The Balaban J connectivity index is 3.86. The largest absolute Gasteiger partial charge is 0.469 e. The van der Waals surface area contributed by atoms with Crippen LogP contribution in [0.15, 0.2) is 0 Å². The maximum atomic E-state index is 11.8. The first-order chi connectivity index (χ1) is 7.26. The number of carbonyl (C=O) groups excluding carboxylic acids is 2. The number of nitrogens with zero attached hydrogens (tertiary/aromatic N) is 1. The second kappa shape index (κ2) is 6.34. The van der Waals surface area contributed by atoms with Crippen LogP contribution >= 0.6 is 0 Å². The van der Waals surface area contributed by atoms with Gasteiger partial charge >= 0.3 is 12.1 Å². The Hall–Kier alpha value is -1.27. The monoisotopic (exact) mass is 241 g/mol. The fraction of sp³-hybridized carbons (Fsp3) is 0.778. The number of rotatable bonds is 5. The van der Waals surface area contributed by atoms with E-state index in [9.17, 15) is 22.8 Å². The van der Waals surface area contributed by atoms with Crippen molar-refractivity contribution in [3.63, 3.8) is 0 Å². The van der Waals surface area contributed by atoms with Crippen LogP contribution in [-0.2, 0) is 14.3 Å². The van der Waals surface area contributed by atoms with Gasteiger partial charge in [0.2, 0.25) is 5.91 Å². The van der Waals surface area contributed by atoms with Gasteiger partial charge in [0.1, 0.15) is 0 Å². The molecule has 7 heteroatoms. The molecule has 94 valence electrons. The van der Waals surface area contributed by atoms with E-state index in [0.717, 1.165) is 4.90 Å². The summed E-state index contributed by atoms with van der Waals surface area (Å²) in [6, 6.07) is 0. The van der Waals surface area contributed by atoms with Crippen LogP contribution in [0.2, 0.25) is 0 Å². The van der Waals surface area contributed by atoms with E-state index >= 15 is 0 Å². The summed E-state index contributed by atoms with van der Waals surface area (Å²) in [6.45, 7) is 0.0589. The van der Waals surface area contributed by atoms with E-state index in [1.807, 2.05) is 0 Å². The summed E-state index contributed by atoms with van der Waals surface area (Å²) in [5, 5.41) is 0. The third-order valence-electron chi connectivity index (χ3n) is 1.93. The minimum absolute atomic E-state index is 0.0231. The predicted octanol–water partition coefficient (Wildman–Crippen LogP) is 1.35. The Morgan fingerprint density at radius 1 is 1.25 bits per heavy atom. The fourth-order valence-corrected chi connectivity index (χ4v) is 0.925. The summed E-state index contributed by atoms with van der Waals surface area (Å²) >= 11 is 0. The Labute approximate surface area is 91.4 Å². The van der Waals surface area contributed by atoms with Crippen molar-refractivity contribution in [3.05, 3.63) is 0 Å². The number of esters is 1. The van der Waals surface area contributed by atoms with Gasteiger partial charge in [-0.05, 0) is 0 Å². The molecule has 0 aromatic carbocycles. The third kappa shape index (κ3) is 7.08. The first-order valence-electron chi connectivity index (χ1n) is 4.64. The molecule has 0 aromatic rings. The summed E-state index contributed by atoms with van der Waals surface area (Å²) < 4.78 is 39.7. The molecule has 1 amide bonds. The summed E-state index contributed by atoms with van der Waals surface area (Å²) in [6.07, 6.45) is -6.10. The van der Waals surface area contributed by atoms with Crippen molar-refractivity contribution in [2.75, 3.05) is 20.7 Å². The molecule has 0 spiro atoms. The van der Waals surface area contributed by atoms with Crippen molar-refractivity contribution in [1.29, 1.82) is 0 Å². The number of hydrogen-bond donors (Lipinski definition) is 0. The third-order valence-corrected chi connectivity index (χ3v) is 1.93. The number of methoxy groups -OCH3 is 1. The molecular weight excluding hydrogens is 227 g/mol. The molecule has 0 aromatic heterocycles. The van der Waals surface area contributed by atoms with E-state index in [0.29, 0.717) is 0 Å². The van der Waals surface area contributed by atoms with Gasteiger partial charge in [0, 0.05) is 20.0 Å². The highest BCUT2D eigenvalue weighted by Gasteiger charge is 2.28. The molecule has 0 aliphatic rings. The molecular formula is C9H14F3NO3. The van der Waals surface area contributed by atoms with Crippen LogP contribution < -0.4 is 0 Å². The molecule has 0 radical (unpaired) electrons. The number of amides is 1. The van der Waals surface area contributed by atoms with E-state index in [-0.39, 0.29) is 13.0 Å². The van der Waals surface area contributed by atoms with Crippen LogP contribution in [0.4, 0.5) is 13.2 Å². The first kappa shape index (κ1) is 14.7. The van der Waals surface area contributed by atoms with E-state index in [1.165, 1.54) is 14.2 Å². The molecule has 0 fully saturated rings. The van der Waals surface area contributed by atoms with E-state index < -0.39 is 30.9 Å². The lowest BCUT2D eigenvalue weighted by Gasteiger charge is -2.16. The Kier molecular flexibility index (Phi) is 5.84. The molecule has 0 atom stereocenters. The Morgan fingerprint density at radius 3 is 2.25 bits per heavy atom. The molecule has 0 saturated carbocycles. The van der Waals surface area contributed by atoms with Gasteiger partial charge in [0.05, 0.1) is 20.0 Å². The molecule has 0 bridgehead atoms. The highest BCUT2D eigenvalue weighted by Crippen LogP contribution is 2.21. The highest BCUT2D eigenvalue weighted by molar-refractivity contribution is 5.77. The van der Waals surface area contributed by atoms with Gasteiger partial charge in [-0.15, -0.1) is 0 Å². The summed E-state index contributed by atoms with van der Waals surface area (Å²) in [7, 11) is 2.55. The molecule has 0 rings (SSSR count). The van der Waals surface area contributed by atoms with Crippen LogP contribution in [0.3, 0.4) is 0 Å². The Bertz CT molecular complexity index is 253. The van der Waals surface area contributed by atoms with Gasteiger partial charge in [-0.2, -0.15) is 13.2 Å². The van der Waals surface area contributed by atoms with Crippen molar-refractivity contribution in [2.45, 2.75) is 25.4 Å². The summed E-state index contributed by atoms with van der Waals surface area (Å²) in [4.78, 5) is 23.0. The van der Waals surface area contributed by atoms with Crippen LogP contribution in [0.25, 0.3) is 0 Å². The lowest BCUT2D eigenvalue weighted by molar-refractivity contribution is -0.149. The van der Waals surface area contributed by atoms with Gasteiger partial charge in [0.25, 0.3) is 0 Å². The minimum atomic E-state index is -4.33. The van der Waals surface area contributed by atoms with Crippen LogP contribution in [-0.4, -0.2) is 43.7 Å². The van der Waals surface area contributed by atoms with Gasteiger partial charge < -0.3 is 9.64 Å². The van der Waals surface area contributed by atoms with Crippen LogP contribution in [0, 0.1) is 0 Å². The number of ether oxygens (including phenoxy) is 1. The zero-order valence-electron chi connectivity index (χ0n) is 9.13. The normalized spacial score (nSPS) is 11.1. The lowest BCUT2D eigenvalue weighted by Crippen LogP contribution is -2.30. The molecule has 0 heterocycles.